The molecular formula is C12H17NO3S. The highest BCUT2D eigenvalue weighted by Gasteiger charge is 2.41. The number of aliphatic hydroxyl groups is 1. The van der Waals surface area contributed by atoms with Crippen molar-refractivity contribution < 1.29 is 13.5 Å². The van der Waals surface area contributed by atoms with E-state index in [4.69, 9.17) is 5.73 Å². The minimum atomic E-state index is -2.99. The monoisotopic (exact) mass is 255 g/mol. The molecule has 1 aliphatic heterocycles. The van der Waals surface area contributed by atoms with E-state index >= 15 is 0 Å². The Morgan fingerprint density at radius 3 is 2.71 bits per heavy atom. The largest absolute Gasteiger partial charge is 0.399 e. The molecule has 0 radical (unpaired) electrons. The van der Waals surface area contributed by atoms with E-state index in [2.05, 4.69) is 0 Å². The van der Waals surface area contributed by atoms with Gasteiger partial charge in [-0.05, 0) is 31.0 Å². The van der Waals surface area contributed by atoms with Crippen molar-refractivity contribution in [1.82, 2.24) is 0 Å². The van der Waals surface area contributed by atoms with Crippen molar-refractivity contribution in [2.24, 2.45) is 5.92 Å². The summed E-state index contributed by atoms with van der Waals surface area (Å²) in [5.41, 5.74) is 5.79. The number of hydrogen-bond acceptors (Lipinski definition) is 4. The van der Waals surface area contributed by atoms with Crippen LogP contribution < -0.4 is 5.73 Å². The van der Waals surface area contributed by atoms with Crippen LogP contribution in [0.3, 0.4) is 0 Å². The maximum Gasteiger partial charge on any atom is 0.150 e. The highest BCUT2D eigenvalue weighted by molar-refractivity contribution is 7.91. The number of nitrogen functional groups attached to an aromatic ring is 1. The van der Waals surface area contributed by atoms with E-state index in [0.717, 1.165) is 0 Å². The van der Waals surface area contributed by atoms with Crippen LogP contribution in [0.4, 0.5) is 5.69 Å². The maximum absolute atomic E-state index is 11.5. The fourth-order valence-electron chi connectivity index (χ4n) is 2.33. The van der Waals surface area contributed by atoms with Crippen LogP contribution in [0.1, 0.15) is 18.9 Å². The highest BCUT2D eigenvalue weighted by atomic mass is 32.2. The van der Waals surface area contributed by atoms with E-state index in [1.807, 2.05) is 0 Å². The highest BCUT2D eigenvalue weighted by Crippen LogP contribution is 2.37. The van der Waals surface area contributed by atoms with Crippen molar-refractivity contribution in [3.63, 3.8) is 0 Å². The lowest BCUT2D eigenvalue weighted by Crippen LogP contribution is -2.32. The Morgan fingerprint density at radius 1 is 1.47 bits per heavy atom. The molecule has 0 aliphatic carbocycles. The molecule has 1 heterocycles. The van der Waals surface area contributed by atoms with Gasteiger partial charge in [0.15, 0.2) is 9.84 Å². The van der Waals surface area contributed by atoms with Gasteiger partial charge in [-0.25, -0.2) is 8.42 Å². The number of sulfone groups is 1. The van der Waals surface area contributed by atoms with Gasteiger partial charge in [0.05, 0.1) is 17.1 Å². The van der Waals surface area contributed by atoms with Crippen molar-refractivity contribution in [1.29, 1.82) is 0 Å². The normalized spacial score (nSPS) is 26.6. The van der Waals surface area contributed by atoms with Gasteiger partial charge in [0.2, 0.25) is 0 Å². The van der Waals surface area contributed by atoms with Crippen LogP contribution in [0, 0.1) is 5.92 Å². The summed E-state index contributed by atoms with van der Waals surface area (Å²) in [4.78, 5) is 0. The summed E-state index contributed by atoms with van der Waals surface area (Å²) in [5.74, 6) is -0.0421. The molecule has 2 unspecified atom stereocenters. The quantitative estimate of drug-likeness (QED) is 0.770. The van der Waals surface area contributed by atoms with E-state index in [-0.39, 0.29) is 17.4 Å². The molecule has 0 amide bonds. The summed E-state index contributed by atoms with van der Waals surface area (Å²) >= 11 is 0. The molecule has 1 saturated heterocycles. The second kappa shape index (κ2) is 3.99. The molecule has 1 fully saturated rings. The van der Waals surface area contributed by atoms with Crippen LogP contribution in [0.5, 0.6) is 0 Å². The van der Waals surface area contributed by atoms with Gasteiger partial charge in [0.1, 0.15) is 0 Å². The van der Waals surface area contributed by atoms with Crippen LogP contribution in [0.25, 0.3) is 0 Å². The van der Waals surface area contributed by atoms with Crippen LogP contribution in [0.15, 0.2) is 24.3 Å². The van der Waals surface area contributed by atoms with Crippen molar-refractivity contribution in [3.8, 4) is 0 Å². The van der Waals surface area contributed by atoms with E-state index in [1.54, 1.807) is 31.2 Å². The van der Waals surface area contributed by atoms with E-state index < -0.39 is 15.4 Å². The van der Waals surface area contributed by atoms with Crippen molar-refractivity contribution in [3.05, 3.63) is 29.8 Å². The number of nitrogens with two attached hydrogens (primary N) is 1. The summed E-state index contributed by atoms with van der Waals surface area (Å²) in [6, 6.07) is 6.99. The molecule has 2 atom stereocenters. The van der Waals surface area contributed by atoms with Crippen LogP contribution in [0.2, 0.25) is 0 Å². The second-order valence-corrected chi connectivity index (χ2v) is 7.10. The van der Waals surface area contributed by atoms with Gasteiger partial charge < -0.3 is 10.8 Å². The summed E-state index contributed by atoms with van der Waals surface area (Å²) in [7, 11) is -2.99. The van der Waals surface area contributed by atoms with Gasteiger partial charge in [0, 0.05) is 11.6 Å². The lowest BCUT2D eigenvalue weighted by Gasteiger charge is -2.30. The Hall–Kier alpha value is -1.07. The van der Waals surface area contributed by atoms with Crippen molar-refractivity contribution in [2.75, 3.05) is 17.2 Å². The third kappa shape index (κ3) is 2.45. The first-order chi connectivity index (χ1) is 7.81. The van der Waals surface area contributed by atoms with Crippen LogP contribution in [-0.4, -0.2) is 25.0 Å². The standard InChI is InChI=1S/C12H17NO3S/c1-12(14,9-3-2-4-11(13)7-9)10-5-6-17(15,16)8-10/h2-4,7,10,14H,5-6,8,13H2,1H3. The average Bonchev–Trinajstić information content (AvgIpc) is 2.59. The lowest BCUT2D eigenvalue weighted by molar-refractivity contribution is 0.00458. The zero-order valence-corrected chi connectivity index (χ0v) is 10.6. The first-order valence-electron chi connectivity index (χ1n) is 5.60. The molecular weight excluding hydrogens is 238 g/mol. The van der Waals surface area contributed by atoms with Gasteiger partial charge in [-0.15, -0.1) is 0 Å². The smallest absolute Gasteiger partial charge is 0.150 e. The Morgan fingerprint density at radius 2 is 2.18 bits per heavy atom. The molecule has 5 heteroatoms. The number of hydrogen-bond donors (Lipinski definition) is 2. The van der Waals surface area contributed by atoms with E-state index in [0.29, 0.717) is 17.7 Å². The third-order valence-electron chi connectivity index (χ3n) is 3.50. The molecule has 1 aliphatic rings. The fourth-order valence-corrected chi connectivity index (χ4v) is 4.24. The van der Waals surface area contributed by atoms with Crippen molar-refractivity contribution in [2.45, 2.75) is 18.9 Å². The van der Waals surface area contributed by atoms with Crippen molar-refractivity contribution >= 4 is 15.5 Å². The van der Waals surface area contributed by atoms with E-state index in [9.17, 15) is 13.5 Å². The minimum absolute atomic E-state index is 0.0504. The van der Waals surface area contributed by atoms with Crippen LogP contribution in [-0.2, 0) is 15.4 Å². The summed E-state index contributed by atoms with van der Waals surface area (Å²) in [6.07, 6.45) is 0.504. The molecule has 2 rings (SSSR count). The topological polar surface area (TPSA) is 80.4 Å². The molecule has 1 aromatic carbocycles. The molecule has 0 aromatic heterocycles. The molecule has 94 valence electrons. The molecule has 1 aromatic rings. The summed E-state index contributed by atoms with van der Waals surface area (Å²) in [5, 5.41) is 10.5. The second-order valence-electron chi connectivity index (χ2n) is 4.87. The predicted molar refractivity (Wildman–Crippen MR) is 67.2 cm³/mol. The lowest BCUT2D eigenvalue weighted by atomic mass is 9.82. The minimum Gasteiger partial charge on any atom is -0.399 e. The van der Waals surface area contributed by atoms with Crippen LogP contribution >= 0.6 is 0 Å². The number of anilines is 1. The van der Waals surface area contributed by atoms with Gasteiger partial charge in [-0.2, -0.15) is 0 Å². The third-order valence-corrected chi connectivity index (χ3v) is 5.27. The molecule has 0 bridgehead atoms. The molecule has 0 saturated carbocycles. The molecule has 0 spiro atoms. The van der Waals surface area contributed by atoms with Gasteiger partial charge in [0.25, 0.3) is 0 Å². The average molecular weight is 255 g/mol. The molecule has 4 nitrogen and oxygen atoms in total. The Kier molecular flexibility index (Phi) is 2.91. The maximum atomic E-state index is 11.5. The Labute approximate surface area is 101 Å². The fraction of sp³-hybridized carbons (Fsp3) is 0.500. The zero-order chi connectivity index (χ0) is 12.7. The number of benzene rings is 1. The Balaban J connectivity index is 2.31. The first kappa shape index (κ1) is 12.4. The van der Waals surface area contributed by atoms with Gasteiger partial charge in [-0.3, -0.25) is 0 Å². The SMILES string of the molecule is CC(O)(c1cccc(N)c1)C1CCS(=O)(=O)C1. The number of rotatable bonds is 2. The predicted octanol–water partition coefficient (Wildman–Crippen LogP) is 0.911. The Bertz CT molecular complexity index is 522. The zero-order valence-electron chi connectivity index (χ0n) is 9.76. The molecule has 3 N–H and O–H groups in total. The molecule has 17 heavy (non-hydrogen) atoms. The first-order valence-corrected chi connectivity index (χ1v) is 7.42. The van der Waals surface area contributed by atoms with Gasteiger partial charge >= 0.3 is 0 Å². The van der Waals surface area contributed by atoms with E-state index in [1.165, 1.54) is 0 Å². The van der Waals surface area contributed by atoms with Gasteiger partial charge in [-0.1, -0.05) is 12.1 Å². The summed E-state index contributed by atoms with van der Waals surface area (Å²) < 4.78 is 22.9. The summed E-state index contributed by atoms with van der Waals surface area (Å²) in [6.45, 7) is 1.66.